The van der Waals surface area contributed by atoms with Gasteiger partial charge in [-0.15, -0.1) is 0 Å². The van der Waals surface area contributed by atoms with Gasteiger partial charge in [-0.05, 0) is 82.3 Å². The van der Waals surface area contributed by atoms with Crippen LogP contribution >= 0.6 is 0 Å². The Balaban J connectivity index is 1.80. The third-order valence-electron chi connectivity index (χ3n) is 10.3. The lowest BCUT2D eigenvalue weighted by molar-refractivity contribution is -0.242. The van der Waals surface area contributed by atoms with Crippen molar-refractivity contribution in [2.24, 2.45) is 33.6 Å². The van der Waals surface area contributed by atoms with Gasteiger partial charge in [-0.3, -0.25) is 4.79 Å². The van der Waals surface area contributed by atoms with Crippen LogP contribution in [0, 0.1) is 28.6 Å². The molecule has 4 aliphatic carbocycles. The Morgan fingerprint density at radius 2 is 1.94 bits per heavy atom. The smallest absolute Gasteiger partial charge is 0.242 e. The summed E-state index contributed by atoms with van der Waals surface area (Å²) in [6.45, 7) is 14.7. The van der Waals surface area contributed by atoms with Crippen molar-refractivity contribution in [2.75, 3.05) is 13.7 Å². The van der Waals surface area contributed by atoms with E-state index in [1.807, 2.05) is 20.8 Å². The number of hydrogen-bond donors (Lipinski definition) is 1. The third kappa shape index (κ3) is 3.69. The minimum Gasteiger partial charge on any atom is -0.501 e. The lowest BCUT2D eigenvalue weighted by Gasteiger charge is -2.63. The summed E-state index contributed by atoms with van der Waals surface area (Å²) in [5, 5.41) is 12.5. The molecule has 196 valence electrons. The molecule has 4 aliphatic rings. The Morgan fingerprint density at radius 3 is 2.57 bits per heavy atom. The molecule has 2 unspecified atom stereocenters. The molecular formula is C29H45NO5. The molecule has 0 heterocycles. The summed E-state index contributed by atoms with van der Waals surface area (Å²) in [6.07, 6.45) is 9.08. The molecular weight excluding hydrogens is 442 g/mol. The van der Waals surface area contributed by atoms with Crippen LogP contribution in [-0.2, 0) is 19.0 Å². The fourth-order valence-corrected chi connectivity index (χ4v) is 8.68. The van der Waals surface area contributed by atoms with Crippen LogP contribution < -0.4 is 0 Å². The maximum absolute atomic E-state index is 12.5. The lowest BCUT2D eigenvalue weighted by Crippen LogP contribution is -2.66. The molecule has 0 aromatic carbocycles. The first-order chi connectivity index (χ1) is 16.4. The van der Waals surface area contributed by atoms with E-state index in [4.69, 9.17) is 14.2 Å². The molecule has 2 saturated carbocycles. The van der Waals surface area contributed by atoms with Crippen LogP contribution in [0.3, 0.4) is 0 Å². The SMILES string of the molecule is CCOC(C)O[C@]1(C(C)=NC(C)=O)C(C)C[C@H]2[C@@H]3CC=C4C=C(OC)CC[C@]4(C)[C@@]3(O)CC[C@@]21C. The number of ether oxygens (including phenoxy) is 3. The number of methoxy groups -OCH3 is 1. The molecule has 0 aromatic heterocycles. The van der Waals surface area contributed by atoms with Crippen LogP contribution in [0.1, 0.15) is 87.0 Å². The summed E-state index contributed by atoms with van der Waals surface area (Å²) in [7, 11) is 1.73. The van der Waals surface area contributed by atoms with Crippen LogP contribution in [0.2, 0.25) is 0 Å². The van der Waals surface area contributed by atoms with Crippen LogP contribution in [0.25, 0.3) is 0 Å². The highest BCUT2D eigenvalue weighted by atomic mass is 16.7. The maximum Gasteiger partial charge on any atom is 0.242 e. The van der Waals surface area contributed by atoms with Gasteiger partial charge in [0.15, 0.2) is 6.29 Å². The fraction of sp³-hybridized carbons (Fsp3) is 0.793. The average Bonchev–Trinajstić information content (AvgIpc) is 3.01. The molecule has 0 radical (unpaired) electrons. The van der Waals surface area contributed by atoms with E-state index in [9.17, 15) is 9.90 Å². The topological polar surface area (TPSA) is 77.4 Å². The van der Waals surface area contributed by atoms with Gasteiger partial charge in [0.1, 0.15) is 5.60 Å². The van der Waals surface area contributed by atoms with Crippen LogP contribution in [0.4, 0.5) is 0 Å². The second-order valence-electron chi connectivity index (χ2n) is 11.8. The molecule has 0 spiro atoms. The number of nitrogens with zero attached hydrogens (tertiary/aromatic N) is 1. The van der Waals surface area contributed by atoms with E-state index in [0.717, 1.165) is 43.6 Å². The molecule has 6 nitrogen and oxygen atoms in total. The molecule has 0 bridgehead atoms. The number of carbonyl (C=O) groups is 1. The first kappa shape index (κ1) is 26.6. The van der Waals surface area contributed by atoms with E-state index in [0.29, 0.717) is 13.0 Å². The van der Waals surface area contributed by atoms with E-state index >= 15 is 0 Å². The number of amides is 1. The zero-order valence-corrected chi connectivity index (χ0v) is 22.9. The van der Waals surface area contributed by atoms with Gasteiger partial charge in [-0.2, -0.15) is 0 Å². The molecule has 4 rings (SSSR count). The minimum atomic E-state index is -0.788. The van der Waals surface area contributed by atoms with Gasteiger partial charge in [-0.25, -0.2) is 4.99 Å². The minimum absolute atomic E-state index is 0.118. The van der Waals surface area contributed by atoms with Gasteiger partial charge in [0.2, 0.25) is 5.91 Å². The third-order valence-corrected chi connectivity index (χ3v) is 10.3. The van der Waals surface area contributed by atoms with Gasteiger partial charge in [0.25, 0.3) is 0 Å². The van der Waals surface area contributed by atoms with Crippen LogP contribution in [0.15, 0.2) is 28.5 Å². The Morgan fingerprint density at radius 1 is 1.23 bits per heavy atom. The van der Waals surface area contributed by atoms with E-state index in [1.54, 1.807) is 7.11 Å². The number of aliphatic imine (C=N–C) groups is 1. The number of fused-ring (bicyclic) bond motifs is 5. The summed E-state index contributed by atoms with van der Waals surface area (Å²) in [5.74, 6) is 1.29. The molecule has 1 N–H and O–H groups in total. The quantitative estimate of drug-likeness (QED) is 0.390. The van der Waals surface area contributed by atoms with E-state index in [2.05, 4.69) is 37.9 Å². The Hall–Kier alpha value is -1.50. The van der Waals surface area contributed by atoms with Crippen molar-refractivity contribution in [2.45, 2.75) is 104 Å². The second-order valence-corrected chi connectivity index (χ2v) is 11.8. The molecule has 0 aromatic rings. The largest absolute Gasteiger partial charge is 0.501 e. The zero-order chi connectivity index (χ0) is 25.8. The number of hydrogen-bond acceptors (Lipinski definition) is 5. The Labute approximate surface area is 211 Å². The highest BCUT2D eigenvalue weighted by Gasteiger charge is 2.72. The lowest BCUT2D eigenvalue weighted by atomic mass is 9.45. The molecule has 1 amide bonds. The first-order valence-electron chi connectivity index (χ1n) is 13.4. The summed E-state index contributed by atoms with van der Waals surface area (Å²) in [4.78, 5) is 16.6. The van der Waals surface area contributed by atoms with Crippen LogP contribution in [0.5, 0.6) is 0 Å². The normalized spacial score (nSPS) is 43.9. The van der Waals surface area contributed by atoms with E-state index in [-0.39, 0.29) is 34.5 Å². The summed E-state index contributed by atoms with van der Waals surface area (Å²) >= 11 is 0. The van der Waals surface area contributed by atoms with Crippen molar-refractivity contribution in [3.8, 4) is 0 Å². The Kier molecular flexibility index (Phi) is 6.91. The number of aliphatic hydroxyl groups is 1. The second kappa shape index (κ2) is 9.11. The van der Waals surface area contributed by atoms with Gasteiger partial charge < -0.3 is 19.3 Å². The van der Waals surface area contributed by atoms with Crippen molar-refractivity contribution in [1.29, 1.82) is 0 Å². The summed E-state index contributed by atoms with van der Waals surface area (Å²) in [5.41, 5.74) is -0.125. The molecule has 35 heavy (non-hydrogen) atoms. The van der Waals surface area contributed by atoms with Crippen molar-refractivity contribution >= 4 is 11.6 Å². The van der Waals surface area contributed by atoms with Crippen molar-refractivity contribution in [3.05, 3.63) is 23.5 Å². The average molecular weight is 488 g/mol. The Bertz CT molecular complexity index is 955. The summed E-state index contributed by atoms with van der Waals surface area (Å²) in [6, 6.07) is 0. The molecule has 0 aliphatic heterocycles. The van der Waals surface area contributed by atoms with Gasteiger partial charge in [0.05, 0.1) is 24.2 Å². The first-order valence-corrected chi connectivity index (χ1v) is 13.4. The maximum atomic E-state index is 12.5. The standard InChI is InChI=1S/C29H45NO5/c1-9-34-21(5)35-29(19(3)30-20(4)31)18(2)16-25-24-11-10-22-17-23(33-8)12-13-26(22,6)28(24,32)15-14-27(25,29)7/h10,17-18,21,24-25,32H,9,11-16H2,1-8H3/t18?,21?,24-,25-,26-,27-,28+,29-/m0/s1. The van der Waals surface area contributed by atoms with Crippen molar-refractivity contribution in [3.63, 3.8) is 0 Å². The van der Waals surface area contributed by atoms with Crippen molar-refractivity contribution < 1.29 is 24.1 Å². The predicted octanol–water partition coefficient (Wildman–Crippen LogP) is 5.60. The van der Waals surface area contributed by atoms with E-state index < -0.39 is 17.5 Å². The highest BCUT2D eigenvalue weighted by molar-refractivity contribution is 6.00. The number of carbonyl (C=O) groups excluding carboxylic acids is 1. The molecule has 8 atom stereocenters. The zero-order valence-electron chi connectivity index (χ0n) is 22.9. The van der Waals surface area contributed by atoms with Gasteiger partial charge in [0, 0.05) is 30.8 Å². The van der Waals surface area contributed by atoms with Crippen LogP contribution in [-0.4, -0.2) is 47.9 Å². The van der Waals surface area contributed by atoms with Gasteiger partial charge in [-0.1, -0.05) is 26.8 Å². The molecule has 6 heteroatoms. The van der Waals surface area contributed by atoms with E-state index in [1.165, 1.54) is 12.5 Å². The molecule has 0 saturated heterocycles. The highest BCUT2D eigenvalue weighted by Crippen LogP contribution is 2.70. The number of allylic oxidation sites excluding steroid dienone is 3. The monoisotopic (exact) mass is 487 g/mol. The number of rotatable bonds is 6. The summed E-state index contributed by atoms with van der Waals surface area (Å²) < 4.78 is 18.2. The predicted molar refractivity (Wildman–Crippen MR) is 137 cm³/mol. The van der Waals surface area contributed by atoms with Gasteiger partial charge >= 0.3 is 0 Å². The fourth-order valence-electron chi connectivity index (χ4n) is 8.68. The molecule has 2 fully saturated rings. The van der Waals surface area contributed by atoms with Crippen molar-refractivity contribution in [1.82, 2.24) is 0 Å².